The topological polar surface area (TPSA) is 74.3 Å². The van der Waals surface area contributed by atoms with Crippen molar-refractivity contribution >= 4 is 11.9 Å². The van der Waals surface area contributed by atoms with Crippen LogP contribution in [-0.2, 0) is 25.6 Å². The van der Waals surface area contributed by atoms with Crippen LogP contribution in [0.4, 0.5) is 0 Å². The summed E-state index contributed by atoms with van der Waals surface area (Å²) >= 11 is 0. The van der Waals surface area contributed by atoms with E-state index in [-0.39, 0.29) is 11.9 Å². The summed E-state index contributed by atoms with van der Waals surface area (Å²) in [4.78, 5) is 26.6. The van der Waals surface area contributed by atoms with E-state index in [1.807, 2.05) is 6.92 Å². The van der Waals surface area contributed by atoms with Gasteiger partial charge in [0.1, 0.15) is 11.5 Å². The average Bonchev–Trinajstić information content (AvgIpc) is 3.24. The van der Waals surface area contributed by atoms with Crippen LogP contribution >= 0.6 is 0 Å². The summed E-state index contributed by atoms with van der Waals surface area (Å²) in [6.45, 7) is 9.27. The first-order valence-corrected chi connectivity index (χ1v) is 24.8. The molecule has 0 aliphatic rings. The number of esters is 2. The van der Waals surface area contributed by atoms with Gasteiger partial charge >= 0.3 is 11.9 Å². The zero-order valence-corrected chi connectivity index (χ0v) is 40.0. The minimum atomic E-state index is -0.0915. The minimum absolute atomic E-state index is 0.0915. The molecule has 1 aromatic rings. The summed E-state index contributed by atoms with van der Waals surface area (Å²) in [5.74, 6) is 1.47. The van der Waals surface area contributed by atoms with Crippen molar-refractivity contribution in [3.8, 4) is 11.5 Å². The Bertz CT molecular complexity index is 1220. The quantitative estimate of drug-likeness (QED) is 0.0368. The van der Waals surface area contributed by atoms with Gasteiger partial charge < -0.3 is 23.8 Å². The number of rotatable bonds is 42. The molecular formula is C54H91NO6. The van der Waals surface area contributed by atoms with Crippen molar-refractivity contribution in [2.75, 3.05) is 40.5 Å². The van der Waals surface area contributed by atoms with Crippen molar-refractivity contribution < 1.29 is 28.5 Å². The Morgan fingerprint density at radius 1 is 0.475 bits per heavy atom. The summed E-state index contributed by atoms with van der Waals surface area (Å²) in [5, 5.41) is 0. The third kappa shape index (κ3) is 35.9. The molecule has 0 unspecified atom stereocenters. The monoisotopic (exact) mass is 850 g/mol. The van der Waals surface area contributed by atoms with Crippen molar-refractivity contribution in [2.24, 2.45) is 0 Å². The molecule has 0 aromatic heterocycles. The molecule has 0 spiro atoms. The summed E-state index contributed by atoms with van der Waals surface area (Å²) < 4.78 is 23.4. The summed E-state index contributed by atoms with van der Waals surface area (Å²) in [6.07, 6.45) is 48.3. The first-order valence-electron chi connectivity index (χ1n) is 24.8. The maximum Gasteiger partial charge on any atom is 0.305 e. The predicted molar refractivity (Wildman–Crippen MR) is 259 cm³/mol. The standard InChI is InChI=1S/C54H91NO6/c1-6-8-10-12-14-16-18-20-22-24-26-28-30-32-34-40-53(56)60-44-38-36-42-58-51-46-50(48-55(4)5)47-52(49(51)3)59-43-37-39-45-61-54(57)41-35-33-31-29-27-25-23-21-19-17-15-13-11-9-7-2/h14-17,20-23,46-47H,6-13,18-19,24-45,48H2,1-5H3. The van der Waals surface area contributed by atoms with Crippen LogP contribution in [0.2, 0.25) is 0 Å². The predicted octanol–water partition coefficient (Wildman–Crippen LogP) is 15.1. The molecule has 348 valence electrons. The number of hydrogen-bond acceptors (Lipinski definition) is 7. The number of carbonyl (C=O) groups excluding carboxylic acids is 2. The molecule has 61 heavy (non-hydrogen) atoms. The molecule has 0 aliphatic heterocycles. The number of allylic oxidation sites excluding steroid dienone is 8. The lowest BCUT2D eigenvalue weighted by molar-refractivity contribution is -0.144. The number of unbranched alkanes of at least 4 members (excludes halogenated alkanes) is 18. The van der Waals surface area contributed by atoms with Crippen LogP contribution in [0.3, 0.4) is 0 Å². The molecule has 0 atom stereocenters. The molecule has 0 fully saturated rings. The van der Waals surface area contributed by atoms with Crippen molar-refractivity contribution in [1.29, 1.82) is 0 Å². The Hall–Kier alpha value is -3.32. The molecular weight excluding hydrogens is 759 g/mol. The lowest BCUT2D eigenvalue weighted by atomic mass is 10.1. The molecule has 0 saturated heterocycles. The molecule has 0 radical (unpaired) electrons. The van der Waals surface area contributed by atoms with Gasteiger partial charge in [-0.3, -0.25) is 9.59 Å². The molecule has 0 heterocycles. The highest BCUT2D eigenvalue weighted by Gasteiger charge is 2.12. The molecule has 0 bridgehead atoms. The minimum Gasteiger partial charge on any atom is -0.493 e. The van der Waals surface area contributed by atoms with Crippen molar-refractivity contribution in [3.63, 3.8) is 0 Å². The van der Waals surface area contributed by atoms with Crippen molar-refractivity contribution in [1.82, 2.24) is 4.90 Å². The van der Waals surface area contributed by atoms with E-state index < -0.39 is 0 Å². The first-order chi connectivity index (χ1) is 29.9. The van der Waals surface area contributed by atoms with E-state index in [2.05, 4.69) is 93.6 Å². The van der Waals surface area contributed by atoms with Gasteiger partial charge in [0, 0.05) is 24.9 Å². The maximum absolute atomic E-state index is 12.2. The third-order valence-corrected chi connectivity index (χ3v) is 10.7. The van der Waals surface area contributed by atoms with E-state index in [1.54, 1.807) is 0 Å². The smallest absolute Gasteiger partial charge is 0.305 e. The summed E-state index contributed by atoms with van der Waals surface area (Å²) in [7, 11) is 4.10. The van der Waals surface area contributed by atoms with Crippen LogP contribution in [0.5, 0.6) is 11.5 Å². The zero-order valence-electron chi connectivity index (χ0n) is 40.0. The van der Waals surface area contributed by atoms with Gasteiger partial charge in [-0.05, 0) is 141 Å². The van der Waals surface area contributed by atoms with Gasteiger partial charge in [-0.25, -0.2) is 0 Å². The van der Waals surface area contributed by atoms with Crippen molar-refractivity contribution in [2.45, 2.75) is 207 Å². The number of carbonyl (C=O) groups is 2. The van der Waals surface area contributed by atoms with Crippen LogP contribution in [0.1, 0.15) is 205 Å². The van der Waals surface area contributed by atoms with Gasteiger partial charge in [-0.15, -0.1) is 0 Å². The Balaban J connectivity index is 2.16. The van der Waals surface area contributed by atoms with Gasteiger partial charge in [-0.1, -0.05) is 127 Å². The van der Waals surface area contributed by atoms with E-state index in [4.69, 9.17) is 18.9 Å². The lowest BCUT2D eigenvalue weighted by Crippen LogP contribution is -2.12. The van der Waals surface area contributed by atoms with Crippen LogP contribution < -0.4 is 9.47 Å². The third-order valence-electron chi connectivity index (χ3n) is 10.7. The molecule has 1 rings (SSSR count). The SMILES string of the molecule is CCCCCC=CCC=CCCCCCCCC(=O)OCCCCOc1cc(CN(C)C)cc(OCCCCOC(=O)CCCCCCCC=CCC=CCCCCC)c1C. The largest absolute Gasteiger partial charge is 0.493 e. The molecule has 7 heteroatoms. The molecule has 1 aromatic carbocycles. The fraction of sp³-hybridized carbons (Fsp3) is 0.704. The molecule has 7 nitrogen and oxygen atoms in total. The first kappa shape index (κ1) is 55.7. The number of nitrogens with zero attached hydrogens (tertiary/aromatic N) is 1. The second-order valence-corrected chi connectivity index (χ2v) is 17.0. The second kappa shape index (κ2) is 42.0. The number of benzene rings is 1. The van der Waals surface area contributed by atoms with E-state index in [9.17, 15) is 9.59 Å². The van der Waals surface area contributed by atoms with Gasteiger partial charge in [0.05, 0.1) is 26.4 Å². The number of ether oxygens (including phenoxy) is 4. The second-order valence-electron chi connectivity index (χ2n) is 17.0. The van der Waals surface area contributed by atoms with Crippen molar-refractivity contribution in [3.05, 3.63) is 71.9 Å². The fourth-order valence-electron chi connectivity index (χ4n) is 6.92. The molecule has 0 N–H and O–H groups in total. The normalized spacial score (nSPS) is 11.9. The van der Waals surface area contributed by atoms with Gasteiger partial charge in [0.2, 0.25) is 0 Å². The Morgan fingerprint density at radius 3 is 1.23 bits per heavy atom. The highest BCUT2D eigenvalue weighted by atomic mass is 16.5. The van der Waals surface area contributed by atoms with Gasteiger partial charge in [-0.2, -0.15) is 0 Å². The molecule has 0 aliphatic carbocycles. The Labute approximate surface area is 375 Å². The maximum atomic E-state index is 12.2. The van der Waals surface area contributed by atoms with Crippen LogP contribution in [0, 0.1) is 6.92 Å². The highest BCUT2D eigenvalue weighted by Crippen LogP contribution is 2.31. The van der Waals surface area contributed by atoms with E-state index in [1.165, 1.54) is 89.9 Å². The van der Waals surface area contributed by atoms with Crippen LogP contribution in [-0.4, -0.2) is 57.4 Å². The lowest BCUT2D eigenvalue weighted by Gasteiger charge is -2.18. The fourth-order valence-corrected chi connectivity index (χ4v) is 6.92. The number of hydrogen-bond donors (Lipinski definition) is 0. The summed E-state index contributed by atoms with van der Waals surface area (Å²) in [5.41, 5.74) is 2.11. The van der Waals surface area contributed by atoms with Crippen LogP contribution in [0.25, 0.3) is 0 Å². The van der Waals surface area contributed by atoms with E-state index >= 15 is 0 Å². The van der Waals surface area contributed by atoms with Crippen LogP contribution in [0.15, 0.2) is 60.7 Å². The van der Waals surface area contributed by atoms with Gasteiger partial charge in [0.15, 0.2) is 0 Å². The van der Waals surface area contributed by atoms with E-state index in [0.717, 1.165) is 106 Å². The molecule has 0 amide bonds. The molecule has 0 saturated carbocycles. The zero-order chi connectivity index (χ0) is 44.3. The van der Waals surface area contributed by atoms with Gasteiger partial charge in [0.25, 0.3) is 0 Å². The van der Waals surface area contributed by atoms with E-state index in [0.29, 0.717) is 39.3 Å². The average molecular weight is 850 g/mol. The Morgan fingerprint density at radius 2 is 0.836 bits per heavy atom. The highest BCUT2D eigenvalue weighted by molar-refractivity contribution is 5.69. The summed E-state index contributed by atoms with van der Waals surface area (Å²) in [6, 6.07) is 4.20. The Kier molecular flexibility index (Phi) is 38.4.